The van der Waals surface area contributed by atoms with E-state index in [4.69, 9.17) is 16.3 Å². The number of halogens is 1. The number of rotatable bonds is 4. The summed E-state index contributed by atoms with van der Waals surface area (Å²) in [7, 11) is 2.02. The minimum absolute atomic E-state index is 0.308. The standard InChI is InChI=1S/C14H20ClNO2/c1-10(17)11-5-6-14(13(15)8-11)16(2)9-12-4-3-7-18-12/h5-6,8,10,12,17H,3-4,7,9H2,1-2H3/t10-,12?/m0/s1. The first kappa shape index (κ1) is 13.7. The maximum absolute atomic E-state index is 9.52. The lowest BCUT2D eigenvalue weighted by atomic mass is 10.1. The van der Waals surface area contributed by atoms with Gasteiger partial charge in [0, 0.05) is 20.2 Å². The molecule has 100 valence electrons. The second-order valence-corrected chi connectivity index (χ2v) is 5.31. The van der Waals surface area contributed by atoms with Gasteiger partial charge < -0.3 is 14.7 Å². The third-order valence-corrected chi connectivity index (χ3v) is 3.67. The summed E-state index contributed by atoms with van der Waals surface area (Å²) in [6.07, 6.45) is 2.09. The van der Waals surface area contributed by atoms with E-state index in [0.29, 0.717) is 11.1 Å². The monoisotopic (exact) mass is 269 g/mol. The van der Waals surface area contributed by atoms with E-state index in [0.717, 1.165) is 37.2 Å². The van der Waals surface area contributed by atoms with Crippen LogP contribution in [0, 0.1) is 0 Å². The smallest absolute Gasteiger partial charge is 0.0762 e. The van der Waals surface area contributed by atoms with Crippen molar-refractivity contribution >= 4 is 17.3 Å². The fourth-order valence-electron chi connectivity index (χ4n) is 2.28. The molecule has 0 bridgehead atoms. The summed E-state index contributed by atoms with van der Waals surface area (Å²) in [4.78, 5) is 2.12. The maximum Gasteiger partial charge on any atom is 0.0762 e. The van der Waals surface area contributed by atoms with Crippen LogP contribution in [0.3, 0.4) is 0 Å². The predicted molar refractivity (Wildman–Crippen MR) is 74.3 cm³/mol. The fraction of sp³-hybridized carbons (Fsp3) is 0.571. The number of anilines is 1. The second-order valence-electron chi connectivity index (χ2n) is 4.90. The van der Waals surface area contributed by atoms with Crippen molar-refractivity contribution in [3.05, 3.63) is 28.8 Å². The van der Waals surface area contributed by atoms with Crippen LogP contribution in [-0.2, 0) is 4.74 Å². The third-order valence-electron chi connectivity index (χ3n) is 3.37. The van der Waals surface area contributed by atoms with Crippen molar-refractivity contribution in [1.82, 2.24) is 0 Å². The van der Waals surface area contributed by atoms with E-state index < -0.39 is 6.10 Å². The number of benzene rings is 1. The van der Waals surface area contributed by atoms with Crippen LogP contribution in [0.2, 0.25) is 5.02 Å². The van der Waals surface area contributed by atoms with E-state index in [1.54, 1.807) is 6.92 Å². The molecule has 18 heavy (non-hydrogen) atoms. The van der Waals surface area contributed by atoms with Crippen LogP contribution in [0.15, 0.2) is 18.2 Å². The molecule has 1 fully saturated rings. The first-order valence-electron chi connectivity index (χ1n) is 6.38. The van der Waals surface area contributed by atoms with Crippen molar-refractivity contribution in [2.75, 3.05) is 25.1 Å². The molecule has 1 unspecified atom stereocenters. The minimum Gasteiger partial charge on any atom is -0.389 e. The fourth-order valence-corrected chi connectivity index (χ4v) is 2.62. The van der Waals surface area contributed by atoms with E-state index in [9.17, 15) is 5.11 Å². The molecule has 0 spiro atoms. The lowest BCUT2D eigenvalue weighted by molar-refractivity contribution is 0.116. The van der Waals surface area contributed by atoms with E-state index >= 15 is 0 Å². The molecule has 1 aliphatic rings. The van der Waals surface area contributed by atoms with Crippen LogP contribution in [0.25, 0.3) is 0 Å². The van der Waals surface area contributed by atoms with Gasteiger partial charge in [0.15, 0.2) is 0 Å². The minimum atomic E-state index is -0.486. The molecule has 0 aliphatic carbocycles. The third kappa shape index (κ3) is 3.16. The Morgan fingerprint density at radius 1 is 1.56 bits per heavy atom. The van der Waals surface area contributed by atoms with Gasteiger partial charge in [0.25, 0.3) is 0 Å². The summed E-state index contributed by atoms with van der Waals surface area (Å²) in [5, 5.41) is 10.2. The highest BCUT2D eigenvalue weighted by molar-refractivity contribution is 6.33. The summed E-state index contributed by atoms with van der Waals surface area (Å²) < 4.78 is 5.62. The molecular formula is C14H20ClNO2. The number of likely N-dealkylation sites (N-methyl/N-ethyl adjacent to an activating group) is 1. The number of aliphatic hydroxyl groups is 1. The highest BCUT2D eigenvalue weighted by Gasteiger charge is 2.18. The van der Waals surface area contributed by atoms with Gasteiger partial charge in [0.1, 0.15) is 0 Å². The average molecular weight is 270 g/mol. The van der Waals surface area contributed by atoms with Crippen molar-refractivity contribution in [3.63, 3.8) is 0 Å². The zero-order valence-corrected chi connectivity index (χ0v) is 11.7. The normalized spacial score (nSPS) is 21.0. The molecule has 1 aliphatic heterocycles. The predicted octanol–water partition coefficient (Wildman–Crippen LogP) is 3.01. The van der Waals surface area contributed by atoms with Crippen molar-refractivity contribution in [1.29, 1.82) is 0 Å². The Bertz CT molecular complexity index is 403. The van der Waals surface area contributed by atoms with Crippen LogP contribution in [0.4, 0.5) is 5.69 Å². The van der Waals surface area contributed by atoms with Crippen molar-refractivity contribution in [2.45, 2.75) is 32.0 Å². The molecule has 1 aromatic carbocycles. The Kier molecular flexibility index (Phi) is 4.49. The molecule has 0 radical (unpaired) electrons. The number of hydrogen-bond donors (Lipinski definition) is 1. The summed E-state index contributed by atoms with van der Waals surface area (Å²) >= 11 is 6.26. The van der Waals surface area contributed by atoms with Crippen LogP contribution >= 0.6 is 11.6 Å². The van der Waals surface area contributed by atoms with Crippen LogP contribution in [0.1, 0.15) is 31.4 Å². The van der Waals surface area contributed by atoms with Gasteiger partial charge in [-0.05, 0) is 37.5 Å². The van der Waals surface area contributed by atoms with Gasteiger partial charge in [-0.3, -0.25) is 0 Å². The molecule has 0 amide bonds. The molecule has 0 aromatic heterocycles. The SMILES string of the molecule is C[C@H](O)c1ccc(N(C)CC2CCCO2)c(Cl)c1. The number of aliphatic hydroxyl groups excluding tert-OH is 1. The van der Waals surface area contributed by atoms with Crippen molar-refractivity contribution in [3.8, 4) is 0 Å². The van der Waals surface area contributed by atoms with Gasteiger partial charge in [0.05, 0.1) is 22.9 Å². The molecule has 1 saturated heterocycles. The Morgan fingerprint density at radius 3 is 2.89 bits per heavy atom. The van der Waals surface area contributed by atoms with E-state index in [1.807, 2.05) is 25.2 Å². The largest absolute Gasteiger partial charge is 0.389 e. The zero-order chi connectivity index (χ0) is 13.1. The van der Waals surface area contributed by atoms with Gasteiger partial charge in [-0.15, -0.1) is 0 Å². The van der Waals surface area contributed by atoms with Gasteiger partial charge in [0.2, 0.25) is 0 Å². The number of hydrogen-bond acceptors (Lipinski definition) is 3. The molecule has 1 aromatic rings. The summed E-state index contributed by atoms with van der Waals surface area (Å²) in [6.45, 7) is 3.46. The highest BCUT2D eigenvalue weighted by Crippen LogP contribution is 2.29. The Balaban J connectivity index is 2.07. The first-order valence-corrected chi connectivity index (χ1v) is 6.76. The zero-order valence-electron chi connectivity index (χ0n) is 10.9. The molecule has 4 heteroatoms. The van der Waals surface area contributed by atoms with E-state index in [1.165, 1.54) is 0 Å². The van der Waals surface area contributed by atoms with Crippen molar-refractivity contribution < 1.29 is 9.84 Å². The van der Waals surface area contributed by atoms with E-state index in [2.05, 4.69) is 4.90 Å². The van der Waals surface area contributed by atoms with Crippen LogP contribution in [0.5, 0.6) is 0 Å². The Morgan fingerprint density at radius 2 is 2.33 bits per heavy atom. The first-order chi connectivity index (χ1) is 8.58. The van der Waals surface area contributed by atoms with Crippen LogP contribution < -0.4 is 4.90 Å². The Hall–Kier alpha value is -0.770. The molecule has 0 saturated carbocycles. The quantitative estimate of drug-likeness (QED) is 0.912. The number of nitrogens with zero attached hydrogens (tertiary/aromatic N) is 1. The van der Waals surface area contributed by atoms with Gasteiger partial charge in [-0.2, -0.15) is 0 Å². The van der Waals surface area contributed by atoms with Crippen LogP contribution in [-0.4, -0.2) is 31.4 Å². The molecule has 1 N–H and O–H groups in total. The summed E-state index contributed by atoms with van der Waals surface area (Å²) in [5.41, 5.74) is 1.82. The van der Waals surface area contributed by atoms with E-state index in [-0.39, 0.29) is 0 Å². The van der Waals surface area contributed by atoms with Crippen molar-refractivity contribution in [2.24, 2.45) is 0 Å². The molecule has 3 nitrogen and oxygen atoms in total. The topological polar surface area (TPSA) is 32.7 Å². The van der Waals surface area contributed by atoms with Gasteiger partial charge >= 0.3 is 0 Å². The molecular weight excluding hydrogens is 250 g/mol. The summed E-state index contributed by atoms with van der Waals surface area (Å²) in [5.74, 6) is 0. The lowest BCUT2D eigenvalue weighted by Crippen LogP contribution is -2.28. The lowest BCUT2D eigenvalue weighted by Gasteiger charge is -2.24. The maximum atomic E-state index is 9.52. The Labute approximate surface area is 113 Å². The number of ether oxygens (including phenoxy) is 1. The average Bonchev–Trinajstić information content (AvgIpc) is 2.81. The second kappa shape index (κ2) is 5.91. The molecule has 2 rings (SSSR count). The highest BCUT2D eigenvalue weighted by atomic mass is 35.5. The van der Waals surface area contributed by atoms with Gasteiger partial charge in [-0.1, -0.05) is 17.7 Å². The van der Waals surface area contributed by atoms with Gasteiger partial charge in [-0.25, -0.2) is 0 Å². The summed E-state index contributed by atoms with van der Waals surface area (Å²) in [6, 6.07) is 5.70. The molecule has 1 heterocycles. The molecule has 2 atom stereocenters.